The molecule has 1 aliphatic rings. The molecule has 0 radical (unpaired) electrons. The first-order valence-electron chi connectivity index (χ1n) is 14.3. The molecule has 0 unspecified atom stereocenters. The molecule has 0 atom stereocenters. The van der Waals surface area contributed by atoms with E-state index < -0.39 is 16.1 Å². The van der Waals surface area contributed by atoms with Crippen LogP contribution in [-0.2, 0) is 14.8 Å². The zero-order chi connectivity index (χ0) is 31.1. The van der Waals surface area contributed by atoms with Gasteiger partial charge in [-0.3, -0.25) is 9.69 Å². The first-order chi connectivity index (χ1) is 20.7. The predicted octanol–water partition coefficient (Wildman–Crippen LogP) is 3.76. The molecule has 0 bridgehead atoms. The Morgan fingerprint density at radius 3 is 2.12 bits per heavy atom. The standard InChI is InChI=1S/C29H39N5O7S2/c1-6-31(7-2)15-20-34(28-30-25-23(39-4)13-14-24(40-5)26(25)42-28)27(35)21-9-11-22(12-10-21)43(37,38)33-18-16-32(17-19-33)29(36)41-8-3/h9-14H,6-8,15-20H2,1-5H3. The zero-order valence-electron chi connectivity index (χ0n) is 25.2. The molecule has 2 aromatic carbocycles. The minimum Gasteiger partial charge on any atom is -0.495 e. The van der Waals surface area contributed by atoms with Gasteiger partial charge in [0.2, 0.25) is 10.0 Å². The molecule has 1 saturated heterocycles. The zero-order valence-corrected chi connectivity index (χ0v) is 26.9. The maximum atomic E-state index is 13.9. The molecule has 14 heteroatoms. The van der Waals surface area contributed by atoms with Gasteiger partial charge in [0, 0.05) is 44.8 Å². The fraction of sp³-hybridized carbons (Fsp3) is 0.483. The van der Waals surface area contributed by atoms with E-state index in [0.717, 1.165) is 17.8 Å². The van der Waals surface area contributed by atoms with Crippen LogP contribution in [-0.4, -0.2) is 113 Å². The normalized spacial score (nSPS) is 14.2. The Kier molecular flexibility index (Phi) is 10.8. The largest absolute Gasteiger partial charge is 0.495 e. The smallest absolute Gasteiger partial charge is 0.409 e. The number of rotatable bonds is 12. The summed E-state index contributed by atoms with van der Waals surface area (Å²) in [6, 6.07) is 9.55. The Labute approximate surface area is 256 Å². The summed E-state index contributed by atoms with van der Waals surface area (Å²) in [5.41, 5.74) is 0.941. The third-order valence-electron chi connectivity index (χ3n) is 7.41. The molecule has 0 spiro atoms. The van der Waals surface area contributed by atoms with Crippen molar-refractivity contribution >= 4 is 48.7 Å². The van der Waals surface area contributed by atoms with Crippen molar-refractivity contribution in [2.75, 3.05) is 78.1 Å². The van der Waals surface area contributed by atoms with Crippen LogP contribution in [0.1, 0.15) is 31.1 Å². The topological polar surface area (TPSA) is 122 Å². The molecular weight excluding hydrogens is 594 g/mol. The van der Waals surface area contributed by atoms with Crippen LogP contribution >= 0.6 is 11.3 Å². The molecule has 4 rings (SSSR count). The van der Waals surface area contributed by atoms with Gasteiger partial charge in [-0.1, -0.05) is 25.2 Å². The van der Waals surface area contributed by atoms with Crippen LogP contribution in [0.4, 0.5) is 9.93 Å². The van der Waals surface area contributed by atoms with Gasteiger partial charge in [-0.15, -0.1) is 0 Å². The number of anilines is 1. The first-order valence-corrected chi connectivity index (χ1v) is 16.5. The number of ether oxygens (including phenoxy) is 3. The van der Waals surface area contributed by atoms with E-state index in [1.807, 2.05) is 0 Å². The SMILES string of the molecule is CCOC(=O)N1CCN(S(=O)(=O)c2ccc(C(=O)N(CCN(CC)CC)c3nc4c(OC)ccc(OC)c4s3)cc2)CC1. The Balaban J connectivity index is 1.59. The maximum Gasteiger partial charge on any atom is 0.409 e. The minimum atomic E-state index is -3.81. The van der Waals surface area contributed by atoms with Gasteiger partial charge in [0.15, 0.2) is 5.13 Å². The molecule has 2 heterocycles. The molecule has 0 aliphatic carbocycles. The number of carbonyl (C=O) groups excluding carboxylic acids is 2. The van der Waals surface area contributed by atoms with E-state index in [-0.39, 0.29) is 43.6 Å². The second-order valence-electron chi connectivity index (χ2n) is 9.74. The van der Waals surface area contributed by atoms with E-state index in [9.17, 15) is 18.0 Å². The molecule has 0 saturated carbocycles. The van der Waals surface area contributed by atoms with Crippen LogP contribution in [0.15, 0.2) is 41.3 Å². The van der Waals surface area contributed by atoms with Gasteiger partial charge in [0.25, 0.3) is 5.91 Å². The number of amides is 2. The van der Waals surface area contributed by atoms with E-state index >= 15 is 0 Å². The number of nitrogens with zero attached hydrogens (tertiary/aromatic N) is 5. The molecule has 3 aromatic rings. The van der Waals surface area contributed by atoms with Gasteiger partial charge in [0.1, 0.15) is 21.7 Å². The van der Waals surface area contributed by atoms with E-state index in [1.54, 1.807) is 38.2 Å². The van der Waals surface area contributed by atoms with Gasteiger partial charge in [-0.05, 0) is 56.4 Å². The number of methoxy groups -OCH3 is 2. The molecule has 1 fully saturated rings. The van der Waals surface area contributed by atoms with Crippen molar-refractivity contribution < 1.29 is 32.2 Å². The average Bonchev–Trinajstić information content (AvgIpc) is 3.48. The number of carbonyl (C=O) groups is 2. The number of likely N-dealkylation sites (N-methyl/N-ethyl adjacent to an activating group) is 1. The number of hydrogen-bond donors (Lipinski definition) is 0. The highest BCUT2D eigenvalue weighted by Crippen LogP contribution is 2.40. The van der Waals surface area contributed by atoms with Crippen molar-refractivity contribution in [1.29, 1.82) is 0 Å². The average molecular weight is 634 g/mol. The summed E-state index contributed by atoms with van der Waals surface area (Å²) in [5, 5.41) is 0.492. The van der Waals surface area contributed by atoms with Crippen molar-refractivity contribution in [3.05, 3.63) is 42.0 Å². The molecule has 234 valence electrons. The summed E-state index contributed by atoms with van der Waals surface area (Å²) >= 11 is 1.34. The fourth-order valence-corrected chi connectivity index (χ4v) is 7.38. The highest BCUT2D eigenvalue weighted by Gasteiger charge is 2.31. The summed E-state index contributed by atoms with van der Waals surface area (Å²) < 4.78 is 44.9. The monoisotopic (exact) mass is 633 g/mol. The lowest BCUT2D eigenvalue weighted by Gasteiger charge is -2.33. The number of aromatic nitrogens is 1. The summed E-state index contributed by atoms with van der Waals surface area (Å²) in [6.45, 7) is 9.61. The number of fused-ring (bicyclic) bond motifs is 1. The van der Waals surface area contributed by atoms with Crippen LogP contribution in [0.3, 0.4) is 0 Å². The van der Waals surface area contributed by atoms with Gasteiger partial charge in [0.05, 0.1) is 25.7 Å². The molecule has 0 N–H and O–H groups in total. The van der Waals surface area contributed by atoms with E-state index in [1.165, 1.54) is 44.8 Å². The maximum absolute atomic E-state index is 13.9. The Hall–Kier alpha value is -3.46. The van der Waals surface area contributed by atoms with Crippen LogP contribution in [0.2, 0.25) is 0 Å². The highest BCUT2D eigenvalue weighted by molar-refractivity contribution is 7.89. The number of piperazine rings is 1. The molecule has 1 aromatic heterocycles. The number of hydrogen-bond acceptors (Lipinski definition) is 10. The van der Waals surface area contributed by atoms with Gasteiger partial charge in [-0.2, -0.15) is 4.31 Å². The molecule has 2 amide bonds. The Morgan fingerprint density at radius 2 is 1.53 bits per heavy atom. The lowest BCUT2D eigenvalue weighted by atomic mass is 10.2. The second-order valence-corrected chi connectivity index (χ2v) is 12.7. The van der Waals surface area contributed by atoms with Crippen molar-refractivity contribution in [3.63, 3.8) is 0 Å². The summed E-state index contributed by atoms with van der Waals surface area (Å²) in [6.07, 6.45) is -0.446. The lowest BCUT2D eigenvalue weighted by molar-refractivity contribution is 0.0933. The van der Waals surface area contributed by atoms with E-state index in [2.05, 4.69) is 18.7 Å². The number of benzene rings is 2. The van der Waals surface area contributed by atoms with Crippen molar-refractivity contribution in [2.45, 2.75) is 25.7 Å². The first kappa shape index (κ1) is 32.5. The van der Waals surface area contributed by atoms with Crippen molar-refractivity contribution in [3.8, 4) is 11.5 Å². The van der Waals surface area contributed by atoms with Gasteiger partial charge < -0.3 is 24.0 Å². The summed E-state index contributed by atoms with van der Waals surface area (Å²) in [4.78, 5) is 36.1. The van der Waals surface area contributed by atoms with Crippen molar-refractivity contribution in [2.24, 2.45) is 0 Å². The van der Waals surface area contributed by atoms with Gasteiger partial charge in [-0.25, -0.2) is 18.2 Å². The molecule has 43 heavy (non-hydrogen) atoms. The van der Waals surface area contributed by atoms with E-state index in [4.69, 9.17) is 19.2 Å². The van der Waals surface area contributed by atoms with Crippen LogP contribution in [0.25, 0.3) is 10.2 Å². The van der Waals surface area contributed by atoms with Crippen LogP contribution in [0.5, 0.6) is 11.5 Å². The predicted molar refractivity (Wildman–Crippen MR) is 166 cm³/mol. The molecule has 12 nitrogen and oxygen atoms in total. The molecular formula is C29H39N5O7S2. The Morgan fingerprint density at radius 1 is 0.907 bits per heavy atom. The van der Waals surface area contributed by atoms with Gasteiger partial charge >= 0.3 is 6.09 Å². The summed E-state index contributed by atoms with van der Waals surface area (Å²) in [7, 11) is -0.662. The lowest BCUT2D eigenvalue weighted by Crippen LogP contribution is -2.50. The second kappa shape index (κ2) is 14.3. The van der Waals surface area contributed by atoms with E-state index in [0.29, 0.717) is 40.8 Å². The third-order valence-corrected chi connectivity index (χ3v) is 10.4. The summed E-state index contributed by atoms with van der Waals surface area (Å²) in [5.74, 6) is 0.913. The minimum absolute atomic E-state index is 0.0813. The Bertz CT molecular complexity index is 1470. The van der Waals surface area contributed by atoms with Crippen molar-refractivity contribution in [1.82, 2.24) is 19.1 Å². The van der Waals surface area contributed by atoms with Crippen LogP contribution < -0.4 is 14.4 Å². The third kappa shape index (κ3) is 7.03. The fourth-order valence-electron chi connectivity index (χ4n) is 4.86. The quantitative estimate of drug-likeness (QED) is 0.293. The number of sulfonamides is 1. The number of thiazole rings is 1. The molecule has 1 aliphatic heterocycles. The van der Waals surface area contributed by atoms with Crippen LogP contribution in [0, 0.1) is 0 Å². The highest BCUT2D eigenvalue weighted by atomic mass is 32.2.